The van der Waals surface area contributed by atoms with Crippen LogP contribution in [-0.2, 0) is 11.3 Å². The van der Waals surface area contributed by atoms with Crippen LogP contribution in [0.5, 0.6) is 0 Å². The molecule has 1 N–H and O–H groups in total. The fourth-order valence-electron chi connectivity index (χ4n) is 2.38. The van der Waals surface area contributed by atoms with Gasteiger partial charge >= 0.3 is 0 Å². The van der Waals surface area contributed by atoms with Crippen LogP contribution in [0.3, 0.4) is 0 Å². The van der Waals surface area contributed by atoms with Crippen LogP contribution < -0.4 is 10.2 Å². The summed E-state index contributed by atoms with van der Waals surface area (Å²) in [7, 11) is 1.96. The smallest absolute Gasteiger partial charge is 0.0721 e. The average Bonchev–Trinajstić information content (AvgIpc) is 2.56. The monoisotopic (exact) mass is 268 g/mol. The third kappa shape index (κ3) is 3.37. The highest BCUT2D eigenvalue weighted by molar-refractivity contribution is 6.30. The number of hydrogen-bond donors (Lipinski definition) is 1. The van der Waals surface area contributed by atoms with E-state index < -0.39 is 0 Å². The molecule has 1 aromatic rings. The molecule has 1 aliphatic heterocycles. The van der Waals surface area contributed by atoms with E-state index in [0.717, 1.165) is 37.7 Å². The standard InChI is InChI=1S/C14H21ClN2O/c1-11-10-17(6-3-7-18-11)14-8-13(15)5-4-12(14)9-16-2/h4-5,8,11,16H,3,6-7,9-10H2,1-2H3. The third-order valence-corrected chi connectivity index (χ3v) is 3.44. The Labute approximate surface area is 114 Å². The van der Waals surface area contributed by atoms with Gasteiger partial charge in [0.25, 0.3) is 0 Å². The maximum absolute atomic E-state index is 6.14. The van der Waals surface area contributed by atoms with Gasteiger partial charge in [0.1, 0.15) is 0 Å². The lowest BCUT2D eigenvalue weighted by atomic mass is 10.1. The first-order valence-corrected chi connectivity index (χ1v) is 6.88. The van der Waals surface area contributed by atoms with E-state index >= 15 is 0 Å². The second-order valence-electron chi connectivity index (χ2n) is 4.78. The van der Waals surface area contributed by atoms with Gasteiger partial charge in [-0.25, -0.2) is 0 Å². The molecule has 0 aromatic heterocycles. The van der Waals surface area contributed by atoms with Crippen LogP contribution in [-0.4, -0.2) is 32.8 Å². The lowest BCUT2D eigenvalue weighted by Gasteiger charge is -2.27. The highest BCUT2D eigenvalue weighted by Gasteiger charge is 2.17. The maximum Gasteiger partial charge on any atom is 0.0721 e. The van der Waals surface area contributed by atoms with E-state index in [-0.39, 0.29) is 6.10 Å². The largest absolute Gasteiger partial charge is 0.377 e. The van der Waals surface area contributed by atoms with Crippen molar-refractivity contribution in [3.63, 3.8) is 0 Å². The highest BCUT2D eigenvalue weighted by Crippen LogP contribution is 2.26. The van der Waals surface area contributed by atoms with Crippen molar-refractivity contribution in [3.05, 3.63) is 28.8 Å². The van der Waals surface area contributed by atoms with Gasteiger partial charge in [0.2, 0.25) is 0 Å². The van der Waals surface area contributed by atoms with Gasteiger partial charge in [-0.15, -0.1) is 0 Å². The first-order chi connectivity index (χ1) is 8.70. The summed E-state index contributed by atoms with van der Waals surface area (Å²) < 4.78 is 5.69. The minimum Gasteiger partial charge on any atom is -0.377 e. The zero-order chi connectivity index (χ0) is 13.0. The van der Waals surface area contributed by atoms with Crippen LogP contribution in [0.2, 0.25) is 5.02 Å². The molecule has 0 aliphatic carbocycles. The molecule has 18 heavy (non-hydrogen) atoms. The van der Waals surface area contributed by atoms with E-state index in [9.17, 15) is 0 Å². The minimum absolute atomic E-state index is 0.272. The van der Waals surface area contributed by atoms with Crippen LogP contribution in [0, 0.1) is 0 Å². The van der Waals surface area contributed by atoms with E-state index in [1.807, 2.05) is 13.1 Å². The number of halogens is 1. The summed E-state index contributed by atoms with van der Waals surface area (Å²) in [5.41, 5.74) is 2.52. The predicted molar refractivity (Wildman–Crippen MR) is 76.5 cm³/mol. The van der Waals surface area contributed by atoms with E-state index in [2.05, 4.69) is 29.3 Å². The van der Waals surface area contributed by atoms with E-state index in [1.54, 1.807) is 0 Å². The summed E-state index contributed by atoms with van der Waals surface area (Å²) in [4.78, 5) is 2.39. The minimum atomic E-state index is 0.272. The molecular weight excluding hydrogens is 248 g/mol. The second-order valence-corrected chi connectivity index (χ2v) is 5.22. The lowest BCUT2D eigenvalue weighted by Crippen LogP contribution is -2.31. The summed E-state index contributed by atoms with van der Waals surface area (Å²) in [6.07, 6.45) is 1.34. The molecule has 1 aromatic carbocycles. The maximum atomic E-state index is 6.14. The van der Waals surface area contributed by atoms with Crippen molar-refractivity contribution in [3.8, 4) is 0 Å². The molecule has 0 saturated carbocycles. The van der Waals surface area contributed by atoms with E-state index in [4.69, 9.17) is 16.3 Å². The number of nitrogens with one attached hydrogen (secondary N) is 1. The SMILES string of the molecule is CNCc1ccc(Cl)cc1N1CCCOC(C)C1. The fraction of sp³-hybridized carbons (Fsp3) is 0.571. The molecule has 0 bridgehead atoms. The van der Waals surface area contributed by atoms with E-state index in [0.29, 0.717) is 0 Å². The summed E-state index contributed by atoms with van der Waals surface area (Å²) in [5.74, 6) is 0. The summed E-state index contributed by atoms with van der Waals surface area (Å²) in [6.45, 7) is 5.79. The molecule has 0 radical (unpaired) electrons. The molecule has 4 heteroatoms. The molecule has 1 unspecified atom stereocenters. The Morgan fingerprint density at radius 3 is 3.11 bits per heavy atom. The zero-order valence-corrected chi connectivity index (χ0v) is 11.8. The molecule has 1 fully saturated rings. The van der Waals surface area contributed by atoms with Crippen molar-refractivity contribution < 1.29 is 4.74 Å². The molecule has 0 amide bonds. The molecule has 1 aliphatic rings. The number of nitrogens with zero attached hydrogens (tertiary/aromatic N) is 1. The molecule has 1 heterocycles. The Hall–Kier alpha value is -0.770. The Morgan fingerprint density at radius 1 is 1.50 bits per heavy atom. The van der Waals surface area contributed by atoms with Crippen molar-refractivity contribution in [1.29, 1.82) is 0 Å². The van der Waals surface area contributed by atoms with Gasteiger partial charge in [0.05, 0.1) is 6.10 Å². The van der Waals surface area contributed by atoms with Crippen molar-refractivity contribution in [1.82, 2.24) is 5.32 Å². The molecule has 2 rings (SSSR count). The third-order valence-electron chi connectivity index (χ3n) is 3.21. The van der Waals surface area contributed by atoms with Crippen molar-refractivity contribution >= 4 is 17.3 Å². The molecule has 1 atom stereocenters. The second kappa shape index (κ2) is 6.41. The van der Waals surface area contributed by atoms with Gasteiger partial charge < -0.3 is 15.0 Å². The summed E-state index contributed by atoms with van der Waals surface area (Å²) in [6, 6.07) is 6.12. The quantitative estimate of drug-likeness (QED) is 0.912. The summed E-state index contributed by atoms with van der Waals surface area (Å²) >= 11 is 6.14. The van der Waals surface area contributed by atoms with Gasteiger partial charge in [0, 0.05) is 37.0 Å². The van der Waals surface area contributed by atoms with Crippen molar-refractivity contribution in [2.45, 2.75) is 26.0 Å². The topological polar surface area (TPSA) is 24.5 Å². The normalized spacial score (nSPS) is 20.8. The van der Waals surface area contributed by atoms with Gasteiger partial charge in [-0.2, -0.15) is 0 Å². The molecule has 100 valence electrons. The van der Waals surface area contributed by atoms with Gasteiger partial charge in [-0.1, -0.05) is 17.7 Å². The first kappa shape index (κ1) is 13.7. The zero-order valence-electron chi connectivity index (χ0n) is 11.1. The number of hydrogen-bond acceptors (Lipinski definition) is 3. The van der Waals surface area contributed by atoms with Crippen LogP contribution in [0.15, 0.2) is 18.2 Å². The molecular formula is C14H21ClN2O. The number of anilines is 1. The lowest BCUT2D eigenvalue weighted by molar-refractivity contribution is 0.0821. The van der Waals surface area contributed by atoms with Gasteiger partial charge in [-0.05, 0) is 38.1 Å². The van der Waals surface area contributed by atoms with Crippen LogP contribution in [0.1, 0.15) is 18.9 Å². The number of rotatable bonds is 3. The highest BCUT2D eigenvalue weighted by atomic mass is 35.5. The van der Waals surface area contributed by atoms with Gasteiger partial charge in [0.15, 0.2) is 0 Å². The van der Waals surface area contributed by atoms with Crippen molar-refractivity contribution in [2.75, 3.05) is 31.6 Å². The molecule has 0 spiro atoms. The predicted octanol–water partition coefficient (Wildman–Crippen LogP) is 2.67. The Balaban J connectivity index is 2.26. The number of benzene rings is 1. The number of ether oxygens (including phenoxy) is 1. The average molecular weight is 269 g/mol. The van der Waals surface area contributed by atoms with Crippen LogP contribution in [0.25, 0.3) is 0 Å². The Morgan fingerprint density at radius 2 is 2.33 bits per heavy atom. The Bertz CT molecular complexity index is 397. The Kier molecular flexibility index (Phi) is 4.87. The van der Waals surface area contributed by atoms with Crippen LogP contribution in [0.4, 0.5) is 5.69 Å². The fourth-order valence-corrected chi connectivity index (χ4v) is 2.55. The van der Waals surface area contributed by atoms with Crippen LogP contribution >= 0.6 is 11.6 Å². The molecule has 3 nitrogen and oxygen atoms in total. The van der Waals surface area contributed by atoms with E-state index in [1.165, 1.54) is 11.3 Å². The summed E-state index contributed by atoms with van der Waals surface area (Å²) in [5, 5.41) is 4.00. The van der Waals surface area contributed by atoms with Crippen molar-refractivity contribution in [2.24, 2.45) is 0 Å². The van der Waals surface area contributed by atoms with Gasteiger partial charge in [-0.3, -0.25) is 0 Å². The first-order valence-electron chi connectivity index (χ1n) is 6.50. The molecule has 1 saturated heterocycles.